The molecule has 1 N–H and O–H groups in total. The molecule has 1 unspecified atom stereocenters. The third-order valence-electron chi connectivity index (χ3n) is 2.09. The summed E-state index contributed by atoms with van der Waals surface area (Å²) in [5, 5.41) is 12.7. The first-order valence-corrected chi connectivity index (χ1v) is 6.72. The van der Waals surface area contributed by atoms with Crippen LogP contribution in [0.3, 0.4) is 0 Å². The van der Waals surface area contributed by atoms with Gasteiger partial charge in [0.2, 0.25) is 0 Å². The number of benzene rings is 1. The van der Waals surface area contributed by atoms with E-state index in [-0.39, 0.29) is 0 Å². The zero-order valence-electron chi connectivity index (χ0n) is 8.45. The second kappa shape index (κ2) is 4.84. The fourth-order valence-electron chi connectivity index (χ4n) is 1.30. The molecular weight excluding hydrogens is 310 g/mol. The Morgan fingerprint density at radius 2 is 2.25 bits per heavy atom. The van der Waals surface area contributed by atoms with Gasteiger partial charge in [0, 0.05) is 15.4 Å². The molecule has 1 atom stereocenters. The maximum Gasteiger partial charge on any atom is 0.122 e. The van der Waals surface area contributed by atoms with Crippen LogP contribution in [0.15, 0.2) is 28.1 Å². The van der Waals surface area contributed by atoms with Gasteiger partial charge in [0.05, 0.1) is 10.7 Å². The summed E-state index contributed by atoms with van der Waals surface area (Å²) >= 11 is 10.9. The molecule has 0 fully saturated rings. The van der Waals surface area contributed by atoms with Crippen LogP contribution in [-0.4, -0.2) is 10.1 Å². The highest BCUT2D eigenvalue weighted by molar-refractivity contribution is 9.10. The molecule has 1 aromatic heterocycles. The highest BCUT2D eigenvalue weighted by Gasteiger charge is 2.11. The van der Waals surface area contributed by atoms with E-state index in [1.165, 1.54) is 11.3 Å². The van der Waals surface area contributed by atoms with Gasteiger partial charge in [-0.25, -0.2) is 4.98 Å². The molecule has 0 saturated carbocycles. The number of hydrogen-bond acceptors (Lipinski definition) is 3. The van der Waals surface area contributed by atoms with Gasteiger partial charge in [0.25, 0.3) is 0 Å². The number of aliphatic hydroxyl groups is 1. The average Bonchev–Trinajstić information content (AvgIpc) is 2.66. The van der Waals surface area contributed by atoms with Crippen molar-refractivity contribution < 1.29 is 5.11 Å². The summed E-state index contributed by atoms with van der Waals surface area (Å²) in [6, 6.07) is 5.66. The summed E-state index contributed by atoms with van der Waals surface area (Å²) in [6.45, 7) is 1.70. The predicted octanol–water partition coefficient (Wildman–Crippen LogP) is 4.28. The minimum Gasteiger partial charge on any atom is -0.386 e. The maximum absolute atomic E-state index is 9.40. The van der Waals surface area contributed by atoms with Gasteiger partial charge < -0.3 is 5.11 Å². The molecule has 0 radical (unpaired) electrons. The number of nitrogens with zero attached hydrogens (tertiary/aromatic N) is 1. The summed E-state index contributed by atoms with van der Waals surface area (Å²) in [6.07, 6.45) is -0.534. The first-order chi connectivity index (χ1) is 7.58. The van der Waals surface area contributed by atoms with E-state index in [4.69, 9.17) is 11.6 Å². The van der Waals surface area contributed by atoms with E-state index < -0.39 is 6.10 Å². The minimum absolute atomic E-state index is 0.534. The van der Waals surface area contributed by atoms with Crippen molar-refractivity contribution in [3.05, 3.63) is 38.1 Å². The van der Waals surface area contributed by atoms with Crippen molar-refractivity contribution in [2.24, 2.45) is 0 Å². The molecule has 1 heterocycles. The second-order valence-electron chi connectivity index (χ2n) is 3.37. The standard InChI is InChI=1S/C11H9BrClNOS/c1-6(15)11-14-10(5-16-11)8-3-2-7(12)4-9(8)13/h2-6,15H,1H3. The summed E-state index contributed by atoms with van der Waals surface area (Å²) in [5.74, 6) is 0. The number of aromatic nitrogens is 1. The van der Waals surface area contributed by atoms with Crippen LogP contribution in [0.4, 0.5) is 0 Å². The summed E-state index contributed by atoms with van der Waals surface area (Å²) < 4.78 is 0.937. The number of aliphatic hydroxyl groups excluding tert-OH is 1. The number of halogens is 2. The van der Waals surface area contributed by atoms with Crippen molar-refractivity contribution in [3.63, 3.8) is 0 Å². The Morgan fingerprint density at radius 1 is 1.50 bits per heavy atom. The topological polar surface area (TPSA) is 33.1 Å². The second-order valence-corrected chi connectivity index (χ2v) is 5.58. The highest BCUT2D eigenvalue weighted by Crippen LogP contribution is 2.32. The molecule has 0 bridgehead atoms. The lowest BCUT2D eigenvalue weighted by atomic mass is 10.2. The lowest BCUT2D eigenvalue weighted by Gasteiger charge is -2.01. The smallest absolute Gasteiger partial charge is 0.122 e. The maximum atomic E-state index is 9.40. The third-order valence-corrected chi connectivity index (χ3v) is 3.91. The number of rotatable bonds is 2. The Kier molecular flexibility index (Phi) is 3.64. The Balaban J connectivity index is 2.42. The molecule has 0 aliphatic rings. The molecule has 0 amide bonds. The molecule has 2 aromatic rings. The zero-order chi connectivity index (χ0) is 11.7. The van der Waals surface area contributed by atoms with Crippen LogP contribution in [0.25, 0.3) is 11.3 Å². The number of hydrogen-bond donors (Lipinski definition) is 1. The molecule has 2 nitrogen and oxygen atoms in total. The fraction of sp³-hybridized carbons (Fsp3) is 0.182. The van der Waals surface area contributed by atoms with E-state index in [0.29, 0.717) is 10.0 Å². The summed E-state index contributed by atoms with van der Waals surface area (Å²) in [7, 11) is 0. The molecule has 0 saturated heterocycles. The van der Waals surface area contributed by atoms with Gasteiger partial charge in [-0.1, -0.05) is 33.6 Å². The van der Waals surface area contributed by atoms with E-state index in [0.717, 1.165) is 15.7 Å². The average molecular weight is 319 g/mol. The van der Waals surface area contributed by atoms with Gasteiger partial charge in [-0.2, -0.15) is 0 Å². The van der Waals surface area contributed by atoms with Crippen LogP contribution in [0, 0.1) is 0 Å². The number of thiazole rings is 1. The van der Waals surface area contributed by atoms with Crippen molar-refractivity contribution in [1.82, 2.24) is 4.98 Å². The lowest BCUT2D eigenvalue weighted by molar-refractivity contribution is 0.199. The molecule has 1 aromatic carbocycles. The van der Waals surface area contributed by atoms with Crippen molar-refractivity contribution in [1.29, 1.82) is 0 Å². The molecular formula is C11H9BrClNOS. The van der Waals surface area contributed by atoms with Crippen LogP contribution in [0.2, 0.25) is 5.02 Å². The van der Waals surface area contributed by atoms with Gasteiger partial charge in [-0.3, -0.25) is 0 Å². The molecule has 84 valence electrons. The van der Waals surface area contributed by atoms with Gasteiger partial charge in [0.1, 0.15) is 11.1 Å². The zero-order valence-corrected chi connectivity index (χ0v) is 11.6. The van der Waals surface area contributed by atoms with Crippen LogP contribution in [-0.2, 0) is 0 Å². The van der Waals surface area contributed by atoms with Gasteiger partial charge in [-0.05, 0) is 19.1 Å². The SMILES string of the molecule is CC(O)c1nc(-c2ccc(Br)cc2Cl)cs1. The minimum atomic E-state index is -0.534. The van der Waals surface area contributed by atoms with E-state index in [9.17, 15) is 5.11 Å². The van der Waals surface area contributed by atoms with Crippen LogP contribution < -0.4 is 0 Å². The molecule has 0 aliphatic carbocycles. The fourth-order valence-corrected chi connectivity index (χ4v) is 2.83. The Labute approximate surface area is 111 Å². The Hall–Kier alpha value is -0.420. The van der Waals surface area contributed by atoms with Crippen LogP contribution >= 0.6 is 38.9 Å². The van der Waals surface area contributed by atoms with Crippen molar-refractivity contribution in [2.45, 2.75) is 13.0 Å². The summed E-state index contributed by atoms with van der Waals surface area (Å²) in [4.78, 5) is 4.34. The normalized spacial score (nSPS) is 12.8. The molecule has 0 spiro atoms. The molecule has 2 rings (SSSR count). The van der Waals surface area contributed by atoms with E-state index in [2.05, 4.69) is 20.9 Å². The van der Waals surface area contributed by atoms with Crippen molar-refractivity contribution >= 4 is 38.9 Å². The van der Waals surface area contributed by atoms with Crippen LogP contribution in [0.1, 0.15) is 18.0 Å². The van der Waals surface area contributed by atoms with Crippen LogP contribution in [0.5, 0.6) is 0 Å². The molecule has 5 heteroatoms. The predicted molar refractivity (Wildman–Crippen MR) is 70.9 cm³/mol. The molecule has 0 aliphatic heterocycles. The first-order valence-electron chi connectivity index (χ1n) is 4.67. The largest absolute Gasteiger partial charge is 0.386 e. The van der Waals surface area contributed by atoms with Gasteiger partial charge >= 0.3 is 0 Å². The summed E-state index contributed by atoms with van der Waals surface area (Å²) in [5.41, 5.74) is 1.69. The highest BCUT2D eigenvalue weighted by atomic mass is 79.9. The van der Waals surface area contributed by atoms with E-state index >= 15 is 0 Å². The monoisotopic (exact) mass is 317 g/mol. The first kappa shape index (κ1) is 12.0. The third kappa shape index (κ3) is 2.46. The lowest BCUT2D eigenvalue weighted by Crippen LogP contribution is -1.89. The molecule has 16 heavy (non-hydrogen) atoms. The van der Waals surface area contributed by atoms with Crippen molar-refractivity contribution in [2.75, 3.05) is 0 Å². The Morgan fingerprint density at radius 3 is 2.81 bits per heavy atom. The van der Waals surface area contributed by atoms with Gasteiger partial charge in [-0.15, -0.1) is 11.3 Å². The van der Waals surface area contributed by atoms with E-state index in [1.807, 2.05) is 23.6 Å². The van der Waals surface area contributed by atoms with Crippen molar-refractivity contribution in [3.8, 4) is 11.3 Å². The van der Waals surface area contributed by atoms with E-state index in [1.54, 1.807) is 6.92 Å². The quantitative estimate of drug-likeness (QED) is 0.896. The Bertz CT molecular complexity index is 512. The van der Waals surface area contributed by atoms with Gasteiger partial charge in [0.15, 0.2) is 0 Å².